The number of hydrogen-bond acceptors (Lipinski definition) is 3. The highest BCUT2D eigenvalue weighted by Gasteiger charge is 2.26. The van der Waals surface area contributed by atoms with Crippen molar-refractivity contribution in [3.63, 3.8) is 0 Å². The number of rotatable bonds is 1. The highest BCUT2D eigenvalue weighted by molar-refractivity contribution is 6.10. The average molecular weight is 270 g/mol. The number of aryl methyl sites for hydroxylation is 2. The molecule has 0 fully saturated rings. The number of hydrogen-bond donors (Lipinski definition) is 2. The van der Waals surface area contributed by atoms with Crippen LogP contribution in [0.1, 0.15) is 34.5 Å². The second-order valence-electron chi connectivity index (χ2n) is 5.15. The molecule has 0 spiro atoms. The van der Waals surface area contributed by atoms with Crippen molar-refractivity contribution in [2.24, 2.45) is 0 Å². The van der Waals surface area contributed by atoms with Crippen LogP contribution in [0.4, 0.5) is 11.5 Å². The average Bonchev–Trinajstić information content (AvgIpc) is 2.67. The lowest BCUT2D eigenvalue weighted by Gasteiger charge is -2.22. The van der Waals surface area contributed by atoms with E-state index in [0.717, 1.165) is 31.5 Å². The van der Waals surface area contributed by atoms with Crippen LogP contribution in [0.5, 0.6) is 0 Å². The topological polar surface area (TPSA) is 75.0 Å². The maximum atomic E-state index is 12.8. The normalized spacial score (nSPS) is 14.8. The summed E-state index contributed by atoms with van der Waals surface area (Å²) in [5, 5.41) is 6.69. The third-order valence-electron chi connectivity index (χ3n) is 3.79. The van der Waals surface area contributed by atoms with E-state index in [-0.39, 0.29) is 11.7 Å². The van der Waals surface area contributed by atoms with Gasteiger partial charge in [-0.3, -0.25) is 9.89 Å². The summed E-state index contributed by atoms with van der Waals surface area (Å²) in [7, 11) is 0. The molecule has 5 nitrogen and oxygen atoms in total. The lowest BCUT2D eigenvalue weighted by atomic mass is 10.1. The summed E-state index contributed by atoms with van der Waals surface area (Å²) in [5.41, 5.74) is 9.24. The Morgan fingerprint density at radius 3 is 2.90 bits per heavy atom. The fraction of sp³-hybridized carbons (Fsp3) is 0.333. The van der Waals surface area contributed by atoms with Gasteiger partial charge in [-0.1, -0.05) is 18.2 Å². The second kappa shape index (κ2) is 5.00. The summed E-state index contributed by atoms with van der Waals surface area (Å²) in [6, 6.07) is 8.08. The SMILES string of the molecule is Cc1[nH]nc(N)c1C(=O)N1CCCCc2ccccc21. The number of benzene rings is 1. The van der Waals surface area contributed by atoms with Crippen LogP contribution in [0.3, 0.4) is 0 Å². The van der Waals surface area contributed by atoms with Gasteiger partial charge in [0.25, 0.3) is 5.91 Å². The molecule has 0 unspecified atom stereocenters. The number of anilines is 2. The number of para-hydroxylation sites is 1. The zero-order valence-corrected chi connectivity index (χ0v) is 11.5. The maximum Gasteiger partial charge on any atom is 0.263 e. The minimum atomic E-state index is -0.0666. The van der Waals surface area contributed by atoms with E-state index < -0.39 is 0 Å². The molecule has 2 heterocycles. The number of fused-ring (bicyclic) bond motifs is 1. The molecule has 0 radical (unpaired) electrons. The Bertz CT molecular complexity index is 628. The van der Waals surface area contributed by atoms with E-state index in [1.54, 1.807) is 0 Å². The van der Waals surface area contributed by atoms with Crippen LogP contribution in [-0.2, 0) is 6.42 Å². The third-order valence-corrected chi connectivity index (χ3v) is 3.79. The van der Waals surface area contributed by atoms with Crippen LogP contribution in [0.25, 0.3) is 0 Å². The fourth-order valence-corrected chi connectivity index (χ4v) is 2.76. The van der Waals surface area contributed by atoms with Gasteiger partial charge in [0.15, 0.2) is 5.82 Å². The van der Waals surface area contributed by atoms with Gasteiger partial charge in [-0.25, -0.2) is 0 Å². The Labute approximate surface area is 117 Å². The van der Waals surface area contributed by atoms with Crippen molar-refractivity contribution in [3.05, 3.63) is 41.1 Å². The van der Waals surface area contributed by atoms with Gasteiger partial charge in [-0.05, 0) is 37.8 Å². The number of nitrogen functional groups attached to an aromatic ring is 1. The largest absolute Gasteiger partial charge is 0.382 e. The highest BCUT2D eigenvalue weighted by Crippen LogP contribution is 2.28. The van der Waals surface area contributed by atoms with Crippen LogP contribution in [-0.4, -0.2) is 22.6 Å². The Morgan fingerprint density at radius 1 is 1.35 bits per heavy atom. The van der Waals surface area contributed by atoms with Crippen LogP contribution < -0.4 is 10.6 Å². The van der Waals surface area contributed by atoms with Crippen molar-refractivity contribution in [2.75, 3.05) is 17.2 Å². The molecule has 0 bridgehead atoms. The molecular weight excluding hydrogens is 252 g/mol. The Balaban J connectivity index is 2.04. The van der Waals surface area contributed by atoms with E-state index in [1.165, 1.54) is 5.56 Å². The second-order valence-corrected chi connectivity index (χ2v) is 5.15. The first-order valence-corrected chi connectivity index (χ1v) is 6.88. The van der Waals surface area contributed by atoms with Crippen molar-refractivity contribution in [2.45, 2.75) is 26.2 Å². The number of carbonyl (C=O) groups excluding carboxylic acids is 1. The van der Waals surface area contributed by atoms with Gasteiger partial charge in [0, 0.05) is 17.9 Å². The molecule has 1 aromatic carbocycles. The minimum Gasteiger partial charge on any atom is -0.382 e. The number of aromatic nitrogens is 2. The summed E-state index contributed by atoms with van der Waals surface area (Å²) < 4.78 is 0. The van der Waals surface area contributed by atoms with Gasteiger partial charge in [0.2, 0.25) is 0 Å². The van der Waals surface area contributed by atoms with Crippen molar-refractivity contribution in [1.29, 1.82) is 0 Å². The molecule has 2 aromatic rings. The maximum absolute atomic E-state index is 12.8. The first-order chi connectivity index (χ1) is 9.68. The molecule has 1 aliphatic heterocycles. The number of nitrogens with zero attached hydrogens (tertiary/aromatic N) is 2. The van der Waals surface area contributed by atoms with Gasteiger partial charge in [-0.15, -0.1) is 0 Å². The lowest BCUT2D eigenvalue weighted by Crippen LogP contribution is -2.32. The smallest absolute Gasteiger partial charge is 0.263 e. The molecule has 0 saturated carbocycles. The van der Waals surface area contributed by atoms with Crippen molar-refractivity contribution < 1.29 is 4.79 Å². The van der Waals surface area contributed by atoms with Crippen LogP contribution in [0.2, 0.25) is 0 Å². The van der Waals surface area contributed by atoms with Crippen LogP contribution in [0, 0.1) is 6.92 Å². The zero-order valence-electron chi connectivity index (χ0n) is 11.5. The van der Waals surface area contributed by atoms with Gasteiger partial charge < -0.3 is 10.6 Å². The van der Waals surface area contributed by atoms with Gasteiger partial charge in [0.05, 0.1) is 0 Å². The number of aromatic amines is 1. The van der Waals surface area contributed by atoms with E-state index >= 15 is 0 Å². The van der Waals surface area contributed by atoms with Gasteiger partial charge in [0.1, 0.15) is 5.56 Å². The molecule has 104 valence electrons. The molecule has 1 aliphatic rings. The number of nitrogens with two attached hydrogens (primary N) is 1. The molecule has 3 rings (SSSR count). The fourth-order valence-electron chi connectivity index (χ4n) is 2.76. The number of nitrogens with one attached hydrogen (secondary N) is 1. The summed E-state index contributed by atoms with van der Waals surface area (Å²) in [6.07, 6.45) is 3.11. The van der Waals surface area contributed by atoms with E-state index in [4.69, 9.17) is 5.73 Å². The summed E-state index contributed by atoms with van der Waals surface area (Å²) in [4.78, 5) is 14.6. The predicted octanol–water partition coefficient (Wildman–Crippen LogP) is 2.28. The van der Waals surface area contributed by atoms with E-state index in [1.807, 2.05) is 30.0 Å². The van der Waals surface area contributed by atoms with Crippen LogP contribution >= 0.6 is 0 Å². The molecule has 0 atom stereocenters. The molecule has 1 aromatic heterocycles. The summed E-state index contributed by atoms with van der Waals surface area (Å²) >= 11 is 0. The van der Waals surface area contributed by atoms with Crippen LogP contribution in [0.15, 0.2) is 24.3 Å². The Hall–Kier alpha value is -2.30. The van der Waals surface area contributed by atoms with Crippen molar-refractivity contribution >= 4 is 17.4 Å². The third kappa shape index (κ3) is 2.05. The first-order valence-electron chi connectivity index (χ1n) is 6.88. The van der Waals surface area contributed by atoms with Gasteiger partial charge >= 0.3 is 0 Å². The molecule has 20 heavy (non-hydrogen) atoms. The predicted molar refractivity (Wildman–Crippen MR) is 78.8 cm³/mol. The molecule has 0 saturated heterocycles. The van der Waals surface area contributed by atoms with E-state index in [9.17, 15) is 4.79 Å². The molecule has 5 heteroatoms. The quantitative estimate of drug-likeness (QED) is 0.834. The lowest BCUT2D eigenvalue weighted by molar-refractivity contribution is 0.0987. The van der Waals surface area contributed by atoms with Crippen molar-refractivity contribution in [1.82, 2.24) is 10.2 Å². The van der Waals surface area contributed by atoms with Crippen molar-refractivity contribution in [3.8, 4) is 0 Å². The highest BCUT2D eigenvalue weighted by atomic mass is 16.2. The summed E-state index contributed by atoms with van der Waals surface area (Å²) in [6.45, 7) is 2.54. The number of H-pyrrole nitrogens is 1. The van der Waals surface area contributed by atoms with Gasteiger partial charge in [-0.2, -0.15) is 5.10 Å². The number of carbonyl (C=O) groups is 1. The Kier molecular flexibility index (Phi) is 3.18. The zero-order chi connectivity index (χ0) is 14.1. The molecular formula is C15H18N4O. The first kappa shape index (κ1) is 12.7. The Morgan fingerprint density at radius 2 is 2.15 bits per heavy atom. The van der Waals surface area contributed by atoms with E-state index in [0.29, 0.717) is 11.3 Å². The molecule has 0 aliphatic carbocycles. The number of amides is 1. The molecule has 1 amide bonds. The minimum absolute atomic E-state index is 0.0666. The van der Waals surface area contributed by atoms with E-state index in [2.05, 4.69) is 16.3 Å². The molecule has 3 N–H and O–H groups in total. The monoisotopic (exact) mass is 270 g/mol. The standard InChI is InChI=1S/C15H18N4O/c1-10-13(14(16)18-17-10)15(20)19-9-5-4-7-11-6-2-3-8-12(11)19/h2-3,6,8H,4-5,7,9H2,1H3,(H3,16,17,18). The summed E-state index contributed by atoms with van der Waals surface area (Å²) in [5.74, 6) is 0.206.